The normalized spacial score (nSPS) is 15.5. The van der Waals surface area contributed by atoms with E-state index in [-0.39, 0.29) is 18.7 Å². The third-order valence-corrected chi connectivity index (χ3v) is 5.98. The smallest absolute Gasteiger partial charge is 0.335 e. The maximum atomic E-state index is 12.6. The fourth-order valence-corrected chi connectivity index (χ4v) is 4.26. The summed E-state index contributed by atoms with van der Waals surface area (Å²) in [5, 5.41) is 9.31. The average Bonchev–Trinajstić information content (AvgIpc) is 2.53. The van der Waals surface area contributed by atoms with E-state index in [0.717, 1.165) is 6.42 Å². The highest BCUT2D eigenvalue weighted by atomic mass is 32.2. The van der Waals surface area contributed by atoms with E-state index >= 15 is 0 Å². The number of methoxy groups -OCH3 is 1. The maximum absolute atomic E-state index is 12.6. The molecular weight excluding hydrogens is 320 g/mol. The third-order valence-electron chi connectivity index (χ3n) is 4.04. The van der Waals surface area contributed by atoms with Crippen LogP contribution in [0.25, 0.3) is 0 Å². The summed E-state index contributed by atoms with van der Waals surface area (Å²) in [6, 6.07) is 3.08. The second-order valence-electron chi connectivity index (χ2n) is 5.49. The molecule has 0 atom stereocenters. The molecule has 0 unspecified atom stereocenters. The van der Waals surface area contributed by atoms with Gasteiger partial charge in [-0.15, -0.1) is 0 Å². The molecule has 2 rings (SSSR count). The largest absolute Gasteiger partial charge is 0.496 e. The molecule has 128 valence electrons. The Labute approximate surface area is 136 Å². The van der Waals surface area contributed by atoms with Crippen LogP contribution in [0.2, 0.25) is 0 Å². The van der Waals surface area contributed by atoms with Gasteiger partial charge in [0.1, 0.15) is 5.75 Å². The van der Waals surface area contributed by atoms with E-state index in [4.69, 9.17) is 4.74 Å². The molecule has 1 aliphatic heterocycles. The summed E-state index contributed by atoms with van der Waals surface area (Å²) in [6.07, 6.45) is 1.08. The zero-order chi connectivity index (χ0) is 17.2. The van der Waals surface area contributed by atoms with Gasteiger partial charge in [-0.1, -0.05) is 6.92 Å². The SMILES string of the molecule is CCCN(C)S(=O)(=O)N1CCc2c(C(=O)O)ccc(OC)c2C1. The Kier molecular flexibility index (Phi) is 5.28. The van der Waals surface area contributed by atoms with Gasteiger partial charge in [0.25, 0.3) is 10.2 Å². The van der Waals surface area contributed by atoms with Crippen LogP contribution in [0.4, 0.5) is 0 Å². The minimum absolute atomic E-state index is 0.121. The molecule has 1 aromatic rings. The summed E-state index contributed by atoms with van der Waals surface area (Å²) < 4.78 is 33.2. The lowest BCUT2D eigenvalue weighted by molar-refractivity contribution is 0.0695. The lowest BCUT2D eigenvalue weighted by Crippen LogP contribution is -2.44. The Morgan fingerprint density at radius 1 is 1.39 bits per heavy atom. The number of fused-ring (bicyclic) bond motifs is 1. The Morgan fingerprint density at radius 3 is 2.65 bits per heavy atom. The molecule has 0 saturated carbocycles. The molecule has 1 heterocycles. The van der Waals surface area contributed by atoms with E-state index in [1.165, 1.54) is 21.8 Å². The van der Waals surface area contributed by atoms with E-state index < -0.39 is 16.2 Å². The van der Waals surface area contributed by atoms with Gasteiger partial charge in [0.15, 0.2) is 0 Å². The Bertz CT molecular complexity index is 702. The average molecular weight is 342 g/mol. The summed E-state index contributed by atoms with van der Waals surface area (Å²) in [4.78, 5) is 11.4. The van der Waals surface area contributed by atoms with Crippen molar-refractivity contribution >= 4 is 16.2 Å². The molecule has 23 heavy (non-hydrogen) atoms. The van der Waals surface area contributed by atoms with Gasteiger partial charge in [-0.2, -0.15) is 17.0 Å². The Hall–Kier alpha value is -1.64. The van der Waals surface area contributed by atoms with Crippen molar-refractivity contribution in [1.29, 1.82) is 0 Å². The monoisotopic (exact) mass is 342 g/mol. The molecule has 0 spiro atoms. The number of carbonyl (C=O) groups is 1. The van der Waals surface area contributed by atoms with Gasteiger partial charge < -0.3 is 9.84 Å². The van der Waals surface area contributed by atoms with E-state index in [1.807, 2.05) is 6.92 Å². The minimum Gasteiger partial charge on any atom is -0.496 e. The molecule has 0 aliphatic carbocycles. The Morgan fingerprint density at radius 2 is 2.09 bits per heavy atom. The number of carboxylic acids is 1. The van der Waals surface area contributed by atoms with Crippen molar-refractivity contribution in [2.24, 2.45) is 0 Å². The minimum atomic E-state index is -3.56. The molecule has 0 aromatic heterocycles. The number of ether oxygens (including phenoxy) is 1. The zero-order valence-corrected chi connectivity index (χ0v) is 14.4. The van der Waals surface area contributed by atoms with Crippen LogP contribution in [-0.4, -0.2) is 55.4 Å². The first-order valence-corrected chi connectivity index (χ1v) is 8.86. The van der Waals surface area contributed by atoms with Crippen molar-refractivity contribution in [2.45, 2.75) is 26.3 Å². The standard InChI is InChI=1S/C15H22N2O5S/c1-4-8-16(2)23(20,21)17-9-7-11-12(15(18)19)5-6-14(22-3)13(11)10-17/h5-6H,4,7-10H2,1-3H3,(H,18,19). The molecule has 7 nitrogen and oxygen atoms in total. The quantitative estimate of drug-likeness (QED) is 0.843. The van der Waals surface area contributed by atoms with Gasteiger partial charge in [-0.05, 0) is 30.5 Å². The molecule has 0 bridgehead atoms. The topological polar surface area (TPSA) is 87.2 Å². The van der Waals surface area contributed by atoms with Crippen molar-refractivity contribution in [2.75, 3.05) is 27.2 Å². The van der Waals surface area contributed by atoms with Crippen LogP contribution >= 0.6 is 0 Å². The summed E-state index contributed by atoms with van der Waals surface area (Å²) in [6.45, 7) is 2.74. The number of nitrogens with zero attached hydrogens (tertiary/aromatic N) is 2. The number of aromatic carboxylic acids is 1. The van der Waals surface area contributed by atoms with E-state index in [1.54, 1.807) is 13.1 Å². The summed E-state index contributed by atoms with van der Waals surface area (Å²) in [5.74, 6) is -0.494. The number of benzene rings is 1. The highest BCUT2D eigenvalue weighted by Gasteiger charge is 2.33. The van der Waals surface area contributed by atoms with E-state index in [9.17, 15) is 18.3 Å². The van der Waals surface area contributed by atoms with Crippen LogP contribution in [0.5, 0.6) is 5.75 Å². The van der Waals surface area contributed by atoms with E-state index in [0.29, 0.717) is 29.8 Å². The maximum Gasteiger partial charge on any atom is 0.335 e. The third kappa shape index (κ3) is 3.34. The lowest BCUT2D eigenvalue weighted by atomic mass is 9.94. The molecule has 0 saturated heterocycles. The van der Waals surface area contributed by atoms with Crippen LogP contribution in [0.1, 0.15) is 34.8 Å². The first-order valence-electron chi connectivity index (χ1n) is 7.46. The van der Waals surface area contributed by atoms with Crippen LogP contribution in [-0.2, 0) is 23.2 Å². The number of rotatable bonds is 6. The molecule has 0 fully saturated rings. The van der Waals surface area contributed by atoms with Crippen LogP contribution in [0.15, 0.2) is 12.1 Å². The molecular formula is C15H22N2O5S. The predicted molar refractivity (Wildman–Crippen MR) is 85.9 cm³/mol. The fraction of sp³-hybridized carbons (Fsp3) is 0.533. The van der Waals surface area contributed by atoms with Crippen molar-refractivity contribution in [3.8, 4) is 5.75 Å². The summed E-state index contributed by atoms with van der Waals surface area (Å²) >= 11 is 0. The summed E-state index contributed by atoms with van der Waals surface area (Å²) in [5.41, 5.74) is 1.49. The molecule has 8 heteroatoms. The second kappa shape index (κ2) is 6.86. The van der Waals surface area contributed by atoms with Crippen LogP contribution in [0.3, 0.4) is 0 Å². The molecule has 1 aromatic carbocycles. The number of hydrogen-bond acceptors (Lipinski definition) is 4. The van der Waals surface area contributed by atoms with Crippen molar-refractivity contribution in [3.63, 3.8) is 0 Å². The first-order chi connectivity index (χ1) is 10.8. The van der Waals surface area contributed by atoms with E-state index in [2.05, 4.69) is 0 Å². The highest BCUT2D eigenvalue weighted by molar-refractivity contribution is 7.86. The van der Waals surface area contributed by atoms with Crippen molar-refractivity contribution in [1.82, 2.24) is 8.61 Å². The van der Waals surface area contributed by atoms with Gasteiger partial charge >= 0.3 is 5.97 Å². The second-order valence-corrected chi connectivity index (χ2v) is 7.53. The first kappa shape index (κ1) is 17.7. The number of hydrogen-bond donors (Lipinski definition) is 1. The number of carboxylic acid groups (broad SMARTS) is 1. The van der Waals surface area contributed by atoms with Gasteiger partial charge in [0, 0.05) is 32.2 Å². The Balaban J connectivity index is 2.40. The van der Waals surface area contributed by atoms with Gasteiger partial charge in [-0.3, -0.25) is 0 Å². The predicted octanol–water partition coefficient (Wildman–Crippen LogP) is 1.34. The van der Waals surface area contributed by atoms with Crippen molar-refractivity contribution in [3.05, 3.63) is 28.8 Å². The van der Waals surface area contributed by atoms with Gasteiger partial charge in [-0.25, -0.2) is 4.79 Å². The van der Waals surface area contributed by atoms with Crippen molar-refractivity contribution < 1.29 is 23.1 Å². The molecule has 1 aliphatic rings. The zero-order valence-electron chi connectivity index (χ0n) is 13.6. The van der Waals surface area contributed by atoms with Gasteiger partial charge in [0.2, 0.25) is 0 Å². The molecule has 0 amide bonds. The van der Waals surface area contributed by atoms with Crippen LogP contribution < -0.4 is 4.74 Å². The lowest BCUT2D eigenvalue weighted by Gasteiger charge is -2.32. The van der Waals surface area contributed by atoms with Crippen LogP contribution in [0, 0.1) is 0 Å². The fourth-order valence-electron chi connectivity index (χ4n) is 2.84. The summed E-state index contributed by atoms with van der Waals surface area (Å²) in [7, 11) is -0.514. The molecule has 0 radical (unpaired) electrons. The molecule has 1 N–H and O–H groups in total. The highest BCUT2D eigenvalue weighted by Crippen LogP contribution is 2.32. The van der Waals surface area contributed by atoms with Gasteiger partial charge in [0.05, 0.1) is 12.7 Å².